The molecule has 0 atom stereocenters. The SMILES string of the molecule is COCCOCCOc1ccc2c(=O)[nH]c(OC)nc2c1. The molecule has 21 heavy (non-hydrogen) atoms. The molecule has 2 rings (SSSR count). The first-order chi connectivity index (χ1) is 10.2. The van der Waals surface area contributed by atoms with E-state index in [1.54, 1.807) is 25.3 Å². The van der Waals surface area contributed by atoms with E-state index in [9.17, 15) is 4.79 Å². The number of rotatable bonds is 8. The minimum absolute atomic E-state index is 0.174. The van der Waals surface area contributed by atoms with Crippen molar-refractivity contribution in [3.8, 4) is 11.8 Å². The Hall–Kier alpha value is -2.12. The summed E-state index contributed by atoms with van der Waals surface area (Å²) in [5.74, 6) is 0.623. The van der Waals surface area contributed by atoms with Crippen LogP contribution in [0.5, 0.6) is 11.8 Å². The fourth-order valence-electron chi connectivity index (χ4n) is 1.75. The van der Waals surface area contributed by atoms with Gasteiger partial charge in [0.1, 0.15) is 12.4 Å². The zero-order valence-electron chi connectivity index (χ0n) is 12.0. The summed E-state index contributed by atoms with van der Waals surface area (Å²) in [4.78, 5) is 18.5. The number of benzene rings is 1. The summed E-state index contributed by atoms with van der Waals surface area (Å²) < 4.78 is 20.7. The highest BCUT2D eigenvalue weighted by molar-refractivity contribution is 5.79. The van der Waals surface area contributed by atoms with Gasteiger partial charge in [-0.1, -0.05) is 0 Å². The van der Waals surface area contributed by atoms with E-state index in [2.05, 4.69) is 9.97 Å². The van der Waals surface area contributed by atoms with Crippen LogP contribution in [0.1, 0.15) is 0 Å². The van der Waals surface area contributed by atoms with Gasteiger partial charge in [0.25, 0.3) is 11.6 Å². The minimum atomic E-state index is -0.244. The Morgan fingerprint density at radius 1 is 1.14 bits per heavy atom. The third-order valence-electron chi connectivity index (χ3n) is 2.78. The molecule has 1 aromatic heterocycles. The van der Waals surface area contributed by atoms with Crippen LogP contribution >= 0.6 is 0 Å². The Kier molecular flexibility index (Phi) is 5.53. The lowest BCUT2D eigenvalue weighted by Gasteiger charge is -2.08. The van der Waals surface area contributed by atoms with E-state index in [1.165, 1.54) is 7.11 Å². The molecule has 1 N–H and O–H groups in total. The van der Waals surface area contributed by atoms with Crippen LogP contribution < -0.4 is 15.0 Å². The Bertz CT molecular complexity index is 641. The molecule has 2 aromatic rings. The van der Waals surface area contributed by atoms with Crippen molar-refractivity contribution in [2.24, 2.45) is 0 Å². The smallest absolute Gasteiger partial charge is 0.296 e. The van der Waals surface area contributed by atoms with Gasteiger partial charge in [0, 0.05) is 13.2 Å². The number of methoxy groups -OCH3 is 2. The molecule has 7 heteroatoms. The Balaban J connectivity index is 2.00. The van der Waals surface area contributed by atoms with Gasteiger partial charge in [-0.3, -0.25) is 9.78 Å². The predicted molar refractivity (Wildman–Crippen MR) is 77.1 cm³/mol. The van der Waals surface area contributed by atoms with Gasteiger partial charge in [0.15, 0.2) is 0 Å². The van der Waals surface area contributed by atoms with Crippen LogP contribution in [-0.4, -0.2) is 50.6 Å². The third kappa shape index (κ3) is 4.17. The van der Waals surface area contributed by atoms with Crippen molar-refractivity contribution in [2.45, 2.75) is 0 Å². The van der Waals surface area contributed by atoms with Crippen molar-refractivity contribution in [3.05, 3.63) is 28.6 Å². The van der Waals surface area contributed by atoms with Crippen molar-refractivity contribution in [1.29, 1.82) is 0 Å². The number of nitrogens with zero attached hydrogens (tertiary/aromatic N) is 1. The Morgan fingerprint density at radius 3 is 2.71 bits per heavy atom. The Morgan fingerprint density at radius 2 is 1.95 bits per heavy atom. The first kappa shape index (κ1) is 15.3. The summed E-state index contributed by atoms with van der Waals surface area (Å²) >= 11 is 0. The first-order valence-electron chi connectivity index (χ1n) is 6.52. The van der Waals surface area contributed by atoms with Gasteiger partial charge in [-0.2, -0.15) is 4.98 Å². The number of H-pyrrole nitrogens is 1. The van der Waals surface area contributed by atoms with Crippen molar-refractivity contribution in [2.75, 3.05) is 40.6 Å². The van der Waals surface area contributed by atoms with E-state index in [0.29, 0.717) is 43.1 Å². The number of hydrogen-bond acceptors (Lipinski definition) is 6. The number of hydrogen-bond donors (Lipinski definition) is 1. The number of nitrogens with one attached hydrogen (secondary N) is 1. The summed E-state index contributed by atoms with van der Waals surface area (Å²) in [6.07, 6.45) is 0. The van der Waals surface area contributed by atoms with E-state index >= 15 is 0 Å². The standard InChI is InChI=1S/C14H18N2O5/c1-18-5-6-20-7-8-21-10-3-4-11-12(9-10)15-14(19-2)16-13(11)17/h3-4,9H,5-8H2,1-2H3,(H,15,16,17). The van der Waals surface area contributed by atoms with Gasteiger partial charge in [-0.15, -0.1) is 0 Å². The number of aromatic nitrogens is 2. The van der Waals surface area contributed by atoms with Gasteiger partial charge < -0.3 is 18.9 Å². The molecule has 7 nitrogen and oxygen atoms in total. The zero-order chi connectivity index (χ0) is 15.1. The molecule has 1 aromatic carbocycles. The van der Waals surface area contributed by atoms with E-state index in [1.807, 2.05) is 0 Å². The van der Waals surface area contributed by atoms with Gasteiger partial charge in [0.05, 0.1) is 37.8 Å². The molecule has 0 aliphatic carbocycles. The molecule has 0 saturated heterocycles. The molecule has 0 fully saturated rings. The molecule has 0 aliphatic heterocycles. The van der Waals surface area contributed by atoms with Crippen LogP contribution in [0.3, 0.4) is 0 Å². The van der Waals surface area contributed by atoms with Crippen LogP contribution in [0.4, 0.5) is 0 Å². The maximum Gasteiger partial charge on any atom is 0.296 e. The normalized spacial score (nSPS) is 10.8. The summed E-state index contributed by atoms with van der Waals surface area (Å²) in [5.41, 5.74) is 0.278. The van der Waals surface area contributed by atoms with Crippen molar-refractivity contribution < 1.29 is 18.9 Å². The molecular formula is C14H18N2O5. The van der Waals surface area contributed by atoms with Crippen LogP contribution in [0, 0.1) is 0 Å². The zero-order valence-corrected chi connectivity index (χ0v) is 12.0. The second kappa shape index (κ2) is 7.61. The van der Waals surface area contributed by atoms with Crippen molar-refractivity contribution in [1.82, 2.24) is 9.97 Å². The summed E-state index contributed by atoms with van der Waals surface area (Å²) in [6.45, 7) is 1.97. The minimum Gasteiger partial charge on any atom is -0.491 e. The van der Waals surface area contributed by atoms with Gasteiger partial charge >= 0.3 is 0 Å². The Labute approximate surface area is 121 Å². The fourth-order valence-corrected chi connectivity index (χ4v) is 1.75. The van der Waals surface area contributed by atoms with Crippen LogP contribution in [-0.2, 0) is 9.47 Å². The van der Waals surface area contributed by atoms with E-state index in [-0.39, 0.29) is 11.6 Å². The summed E-state index contributed by atoms with van der Waals surface area (Å²) in [7, 11) is 3.07. The van der Waals surface area contributed by atoms with Crippen LogP contribution in [0.25, 0.3) is 10.9 Å². The second-order valence-corrected chi connectivity index (χ2v) is 4.21. The largest absolute Gasteiger partial charge is 0.491 e. The molecule has 0 aliphatic rings. The van der Waals surface area contributed by atoms with Gasteiger partial charge in [-0.05, 0) is 12.1 Å². The lowest BCUT2D eigenvalue weighted by atomic mass is 10.2. The van der Waals surface area contributed by atoms with Crippen molar-refractivity contribution >= 4 is 10.9 Å². The highest BCUT2D eigenvalue weighted by atomic mass is 16.5. The molecule has 0 unspecified atom stereocenters. The van der Waals surface area contributed by atoms with Crippen LogP contribution in [0.15, 0.2) is 23.0 Å². The van der Waals surface area contributed by atoms with Crippen molar-refractivity contribution in [3.63, 3.8) is 0 Å². The molecule has 114 valence electrons. The number of aromatic amines is 1. The predicted octanol–water partition coefficient (Wildman–Crippen LogP) is 0.973. The van der Waals surface area contributed by atoms with E-state index in [0.717, 1.165) is 0 Å². The topological polar surface area (TPSA) is 82.7 Å². The lowest BCUT2D eigenvalue weighted by Crippen LogP contribution is -2.11. The maximum absolute atomic E-state index is 11.8. The molecule has 0 amide bonds. The van der Waals surface area contributed by atoms with Gasteiger partial charge in [0.2, 0.25) is 0 Å². The lowest BCUT2D eigenvalue weighted by molar-refractivity contribution is 0.0544. The quantitative estimate of drug-likeness (QED) is 0.731. The fraction of sp³-hybridized carbons (Fsp3) is 0.429. The molecule has 0 bridgehead atoms. The third-order valence-corrected chi connectivity index (χ3v) is 2.78. The highest BCUT2D eigenvalue weighted by Crippen LogP contribution is 2.18. The molecule has 1 heterocycles. The first-order valence-corrected chi connectivity index (χ1v) is 6.52. The number of fused-ring (bicyclic) bond motifs is 1. The maximum atomic E-state index is 11.8. The molecule has 0 saturated carbocycles. The molecule has 0 radical (unpaired) electrons. The number of ether oxygens (including phenoxy) is 4. The van der Waals surface area contributed by atoms with E-state index in [4.69, 9.17) is 18.9 Å². The average molecular weight is 294 g/mol. The average Bonchev–Trinajstić information content (AvgIpc) is 2.50. The monoisotopic (exact) mass is 294 g/mol. The second-order valence-electron chi connectivity index (χ2n) is 4.21. The summed E-state index contributed by atoms with van der Waals surface area (Å²) in [6, 6.07) is 5.26. The molecular weight excluding hydrogens is 276 g/mol. The summed E-state index contributed by atoms with van der Waals surface area (Å²) in [5, 5.41) is 0.486. The highest BCUT2D eigenvalue weighted by Gasteiger charge is 2.05. The van der Waals surface area contributed by atoms with Gasteiger partial charge in [-0.25, -0.2) is 0 Å². The van der Waals surface area contributed by atoms with Crippen LogP contribution in [0.2, 0.25) is 0 Å². The molecule has 0 spiro atoms. The van der Waals surface area contributed by atoms with E-state index < -0.39 is 0 Å².